The highest BCUT2D eigenvalue weighted by Gasteiger charge is 2.27. The van der Waals surface area contributed by atoms with Gasteiger partial charge in [-0.15, -0.1) is 11.3 Å². The highest BCUT2D eigenvalue weighted by atomic mass is 32.1. The van der Waals surface area contributed by atoms with Crippen LogP contribution < -0.4 is 10.5 Å². The third-order valence-corrected chi connectivity index (χ3v) is 5.00. The number of nitrogens with two attached hydrogens (primary N) is 1. The van der Waals surface area contributed by atoms with Gasteiger partial charge in [0, 0.05) is 34.4 Å². The van der Waals surface area contributed by atoms with Crippen LogP contribution in [0, 0.1) is 6.92 Å². The van der Waals surface area contributed by atoms with Crippen LogP contribution in [0.15, 0.2) is 36.4 Å². The number of thiophene rings is 1. The number of fused-ring (bicyclic) bond motifs is 1. The maximum Gasteiger partial charge on any atom is 0.123 e. The molecule has 0 saturated carbocycles. The standard InChI is InChI=1S/C17H22N2OS/c1-12-7-8-16(21-12)17(13(2)18)19-9-10-20-15-6-4-3-5-14(15)11-19/h3-8,13,17H,9-11,18H2,1-2H3. The van der Waals surface area contributed by atoms with Crippen LogP contribution in [0.25, 0.3) is 0 Å². The lowest BCUT2D eigenvalue weighted by atomic mass is 10.1. The average Bonchev–Trinajstić information content (AvgIpc) is 2.75. The first-order chi connectivity index (χ1) is 10.1. The van der Waals surface area contributed by atoms with Gasteiger partial charge in [0.2, 0.25) is 0 Å². The van der Waals surface area contributed by atoms with Crippen LogP contribution in [0.1, 0.15) is 28.3 Å². The first-order valence-corrected chi connectivity index (χ1v) is 8.23. The summed E-state index contributed by atoms with van der Waals surface area (Å²) in [6.07, 6.45) is 0. The third-order valence-electron chi connectivity index (χ3n) is 3.93. The van der Waals surface area contributed by atoms with E-state index in [0.29, 0.717) is 6.61 Å². The van der Waals surface area contributed by atoms with E-state index in [2.05, 4.69) is 49.1 Å². The van der Waals surface area contributed by atoms with E-state index in [9.17, 15) is 0 Å². The van der Waals surface area contributed by atoms with Gasteiger partial charge in [0.05, 0.1) is 6.04 Å². The molecule has 3 nitrogen and oxygen atoms in total. The van der Waals surface area contributed by atoms with Crippen molar-refractivity contribution < 1.29 is 4.74 Å². The molecule has 0 fully saturated rings. The van der Waals surface area contributed by atoms with Crippen molar-refractivity contribution in [2.24, 2.45) is 5.73 Å². The van der Waals surface area contributed by atoms with E-state index in [4.69, 9.17) is 10.5 Å². The van der Waals surface area contributed by atoms with Gasteiger partial charge in [0.15, 0.2) is 0 Å². The molecular weight excluding hydrogens is 280 g/mol. The van der Waals surface area contributed by atoms with E-state index in [-0.39, 0.29) is 12.1 Å². The summed E-state index contributed by atoms with van der Waals surface area (Å²) in [7, 11) is 0. The molecule has 1 aliphatic heterocycles. The van der Waals surface area contributed by atoms with Gasteiger partial charge in [-0.25, -0.2) is 0 Å². The predicted molar refractivity (Wildman–Crippen MR) is 87.8 cm³/mol. The van der Waals surface area contributed by atoms with E-state index in [1.165, 1.54) is 15.3 Å². The predicted octanol–water partition coefficient (Wildman–Crippen LogP) is 3.34. The van der Waals surface area contributed by atoms with Crippen molar-refractivity contribution in [2.45, 2.75) is 32.5 Å². The first kappa shape index (κ1) is 14.6. The molecule has 0 amide bonds. The Morgan fingerprint density at radius 3 is 2.76 bits per heavy atom. The van der Waals surface area contributed by atoms with E-state index in [0.717, 1.165) is 18.8 Å². The third kappa shape index (κ3) is 3.12. The van der Waals surface area contributed by atoms with Crippen LogP contribution in [-0.2, 0) is 6.54 Å². The minimum absolute atomic E-state index is 0.0910. The molecule has 2 atom stereocenters. The van der Waals surface area contributed by atoms with Crippen LogP contribution >= 0.6 is 11.3 Å². The molecule has 0 spiro atoms. The number of para-hydroxylation sites is 1. The number of hydrogen-bond acceptors (Lipinski definition) is 4. The molecule has 2 aromatic rings. The number of nitrogens with zero attached hydrogens (tertiary/aromatic N) is 1. The molecule has 0 radical (unpaired) electrons. The smallest absolute Gasteiger partial charge is 0.123 e. The van der Waals surface area contributed by atoms with Crippen LogP contribution in [0.3, 0.4) is 0 Å². The Balaban J connectivity index is 1.90. The van der Waals surface area contributed by atoms with Crippen LogP contribution in [0.2, 0.25) is 0 Å². The van der Waals surface area contributed by atoms with E-state index in [1.54, 1.807) is 0 Å². The van der Waals surface area contributed by atoms with Crippen molar-refractivity contribution in [3.05, 3.63) is 51.7 Å². The second-order valence-corrected chi connectivity index (χ2v) is 7.00. The van der Waals surface area contributed by atoms with Gasteiger partial charge in [0.1, 0.15) is 12.4 Å². The summed E-state index contributed by atoms with van der Waals surface area (Å²) < 4.78 is 5.87. The molecule has 1 aliphatic rings. The zero-order valence-corrected chi connectivity index (χ0v) is 13.4. The lowest BCUT2D eigenvalue weighted by Crippen LogP contribution is -2.39. The fourth-order valence-corrected chi connectivity index (χ4v) is 4.10. The van der Waals surface area contributed by atoms with Crippen molar-refractivity contribution in [3.63, 3.8) is 0 Å². The molecule has 112 valence electrons. The van der Waals surface area contributed by atoms with E-state index >= 15 is 0 Å². The molecule has 2 unspecified atom stereocenters. The van der Waals surface area contributed by atoms with Gasteiger partial charge in [-0.1, -0.05) is 18.2 Å². The molecule has 2 N–H and O–H groups in total. The van der Waals surface area contributed by atoms with Gasteiger partial charge in [0.25, 0.3) is 0 Å². The summed E-state index contributed by atoms with van der Waals surface area (Å²) in [5.41, 5.74) is 7.55. The highest BCUT2D eigenvalue weighted by Crippen LogP contribution is 2.33. The summed E-state index contributed by atoms with van der Waals surface area (Å²) in [6, 6.07) is 13.0. The summed E-state index contributed by atoms with van der Waals surface area (Å²) in [5.74, 6) is 1.01. The lowest BCUT2D eigenvalue weighted by Gasteiger charge is -2.32. The lowest BCUT2D eigenvalue weighted by molar-refractivity contribution is 0.155. The van der Waals surface area contributed by atoms with Crippen molar-refractivity contribution in [2.75, 3.05) is 13.2 Å². The molecule has 1 aromatic carbocycles. The van der Waals surface area contributed by atoms with Crippen molar-refractivity contribution in [1.82, 2.24) is 4.90 Å². The second-order valence-electron chi connectivity index (χ2n) is 5.68. The van der Waals surface area contributed by atoms with E-state index < -0.39 is 0 Å². The summed E-state index contributed by atoms with van der Waals surface area (Å²) >= 11 is 1.84. The minimum Gasteiger partial charge on any atom is -0.492 e. The first-order valence-electron chi connectivity index (χ1n) is 7.42. The fourth-order valence-electron chi connectivity index (χ4n) is 2.97. The van der Waals surface area contributed by atoms with E-state index in [1.807, 2.05) is 17.4 Å². The Labute approximate surface area is 130 Å². The molecule has 1 aromatic heterocycles. The monoisotopic (exact) mass is 302 g/mol. The number of hydrogen-bond donors (Lipinski definition) is 1. The zero-order valence-electron chi connectivity index (χ0n) is 12.6. The number of ether oxygens (including phenoxy) is 1. The highest BCUT2D eigenvalue weighted by molar-refractivity contribution is 7.12. The number of benzene rings is 1. The Bertz CT molecular complexity index is 608. The molecule has 0 aliphatic carbocycles. The largest absolute Gasteiger partial charge is 0.492 e. The molecule has 4 heteroatoms. The Hall–Kier alpha value is -1.36. The summed E-state index contributed by atoms with van der Waals surface area (Å²) in [5, 5.41) is 0. The van der Waals surface area contributed by atoms with Crippen LogP contribution in [-0.4, -0.2) is 24.1 Å². The van der Waals surface area contributed by atoms with Crippen molar-refractivity contribution >= 4 is 11.3 Å². The second kappa shape index (κ2) is 6.18. The molecule has 0 bridgehead atoms. The molecule has 2 heterocycles. The SMILES string of the molecule is Cc1ccc(C(C(C)N)N2CCOc3ccccc3C2)s1. The van der Waals surface area contributed by atoms with Gasteiger partial charge in [-0.3, -0.25) is 4.90 Å². The van der Waals surface area contributed by atoms with Crippen molar-refractivity contribution in [3.8, 4) is 5.75 Å². The van der Waals surface area contributed by atoms with Gasteiger partial charge in [-0.05, 0) is 32.0 Å². The zero-order chi connectivity index (χ0) is 14.8. The van der Waals surface area contributed by atoms with Gasteiger partial charge < -0.3 is 10.5 Å². The van der Waals surface area contributed by atoms with Crippen LogP contribution in [0.4, 0.5) is 0 Å². The van der Waals surface area contributed by atoms with Gasteiger partial charge in [-0.2, -0.15) is 0 Å². The number of rotatable bonds is 3. The Morgan fingerprint density at radius 2 is 2.05 bits per heavy atom. The Kier molecular flexibility index (Phi) is 4.29. The maximum atomic E-state index is 6.30. The Morgan fingerprint density at radius 1 is 1.24 bits per heavy atom. The molecule has 3 rings (SSSR count). The van der Waals surface area contributed by atoms with Gasteiger partial charge >= 0.3 is 0 Å². The topological polar surface area (TPSA) is 38.5 Å². The number of aryl methyl sites for hydroxylation is 1. The molecule has 0 saturated heterocycles. The summed E-state index contributed by atoms with van der Waals surface area (Å²) in [6.45, 7) is 6.74. The van der Waals surface area contributed by atoms with Crippen molar-refractivity contribution in [1.29, 1.82) is 0 Å². The molecule has 21 heavy (non-hydrogen) atoms. The van der Waals surface area contributed by atoms with Crippen LogP contribution in [0.5, 0.6) is 5.75 Å². The normalized spacial score (nSPS) is 18.4. The average molecular weight is 302 g/mol. The minimum atomic E-state index is 0.0910. The molecular formula is C17H22N2OS. The summed E-state index contributed by atoms with van der Waals surface area (Å²) in [4.78, 5) is 5.13. The maximum absolute atomic E-state index is 6.30. The quantitative estimate of drug-likeness (QED) is 0.945. The fraction of sp³-hybridized carbons (Fsp3) is 0.412.